The van der Waals surface area contributed by atoms with Crippen molar-refractivity contribution < 1.29 is 17.5 Å². The van der Waals surface area contributed by atoms with Crippen LogP contribution in [0.15, 0.2) is 12.1 Å². The predicted octanol–water partition coefficient (Wildman–Crippen LogP) is 0.931. The highest BCUT2D eigenvalue weighted by molar-refractivity contribution is 7.89. The molecule has 9 nitrogen and oxygen atoms in total. The van der Waals surface area contributed by atoms with E-state index in [1.807, 2.05) is 13.0 Å². The molecule has 0 bridgehead atoms. The number of halogens is 1. The number of fused-ring (bicyclic) bond motifs is 2. The summed E-state index contributed by atoms with van der Waals surface area (Å²) < 4.78 is 47.1. The Bertz CT molecular complexity index is 1210. The highest BCUT2D eigenvalue weighted by Crippen LogP contribution is 2.30. The van der Waals surface area contributed by atoms with E-state index in [0.717, 1.165) is 28.9 Å². The van der Waals surface area contributed by atoms with Crippen molar-refractivity contribution >= 4 is 27.0 Å². The molecule has 0 spiro atoms. The molecular formula is C18H21FN6O3S. The Morgan fingerprint density at radius 1 is 1.31 bits per heavy atom. The number of rotatable bonds is 6. The number of aromatic nitrogens is 4. The van der Waals surface area contributed by atoms with Crippen molar-refractivity contribution in [1.29, 1.82) is 0 Å². The third-order valence-corrected chi connectivity index (χ3v) is 6.41. The fourth-order valence-electron chi connectivity index (χ4n) is 3.47. The number of benzene rings is 1. The van der Waals surface area contributed by atoms with Gasteiger partial charge >= 0.3 is 6.08 Å². The largest absolute Gasteiger partial charge is 0.493 e. The Kier molecular flexibility index (Phi) is 4.87. The second kappa shape index (κ2) is 7.23. The molecule has 1 aliphatic rings. The number of nitrogens with zero attached hydrogens (tertiary/aromatic N) is 4. The van der Waals surface area contributed by atoms with Crippen LogP contribution in [0.3, 0.4) is 0 Å². The molecule has 0 radical (unpaired) electrons. The van der Waals surface area contributed by atoms with Gasteiger partial charge in [-0.1, -0.05) is 6.07 Å². The molecule has 3 aromatic rings. The normalized spacial score (nSPS) is 13.6. The van der Waals surface area contributed by atoms with E-state index in [4.69, 9.17) is 10.5 Å². The highest BCUT2D eigenvalue weighted by Gasteiger charge is 2.21. The third kappa shape index (κ3) is 3.75. The van der Waals surface area contributed by atoms with Gasteiger partial charge in [0.25, 0.3) is 0 Å². The van der Waals surface area contributed by atoms with Gasteiger partial charge in [0, 0.05) is 19.4 Å². The molecular weight excluding hydrogens is 399 g/mol. The fraction of sp³-hybridized carbons (Fsp3) is 0.389. The number of aryl methyl sites for hydroxylation is 2. The van der Waals surface area contributed by atoms with Crippen LogP contribution in [0, 0.1) is 13.0 Å². The second-order valence-corrected chi connectivity index (χ2v) is 8.96. The van der Waals surface area contributed by atoms with Crippen molar-refractivity contribution in [2.45, 2.75) is 26.3 Å². The van der Waals surface area contributed by atoms with Crippen LogP contribution in [0.4, 0.5) is 10.2 Å². The van der Waals surface area contributed by atoms with Gasteiger partial charge < -0.3 is 15.0 Å². The minimum atomic E-state index is -3.48. The van der Waals surface area contributed by atoms with Gasteiger partial charge in [-0.05, 0) is 36.7 Å². The molecule has 4 rings (SSSR count). The van der Waals surface area contributed by atoms with Gasteiger partial charge in [-0.15, -0.1) is 0 Å². The summed E-state index contributed by atoms with van der Waals surface area (Å²) in [5.41, 5.74) is 9.46. The maximum atomic E-state index is 13.8. The molecule has 154 valence electrons. The molecule has 0 saturated carbocycles. The van der Waals surface area contributed by atoms with Crippen molar-refractivity contribution in [1.82, 2.24) is 24.2 Å². The van der Waals surface area contributed by atoms with E-state index in [-0.39, 0.29) is 29.3 Å². The molecule has 0 saturated heterocycles. The zero-order valence-corrected chi connectivity index (χ0v) is 16.9. The summed E-state index contributed by atoms with van der Waals surface area (Å²) in [5.74, 6) is 1.08. The summed E-state index contributed by atoms with van der Waals surface area (Å²) >= 11 is 0. The number of sulfonamides is 1. The molecule has 1 aromatic carbocycles. The van der Waals surface area contributed by atoms with Crippen LogP contribution in [0.2, 0.25) is 0 Å². The van der Waals surface area contributed by atoms with E-state index in [0.29, 0.717) is 18.9 Å². The Balaban J connectivity index is 1.79. The zero-order valence-electron chi connectivity index (χ0n) is 16.1. The van der Waals surface area contributed by atoms with E-state index in [1.54, 1.807) is 4.57 Å². The summed E-state index contributed by atoms with van der Waals surface area (Å²) in [6.07, 6.45) is 0.281. The van der Waals surface area contributed by atoms with Crippen molar-refractivity contribution in [3.63, 3.8) is 0 Å². The standard InChI is InChI=1S/C18H21FN6O3S/c1-10-7-11-3-5-28-13(11)8-12(10)9-14-22-15-16(20)23-18(19)24-17(15)25(14)4-6-29(26,27)21-2/h7-8,21H,3-6,9H2,1-2H3,(H2,20,23,24). The van der Waals surface area contributed by atoms with Crippen LogP contribution in [-0.2, 0) is 29.4 Å². The molecule has 0 aliphatic carbocycles. The second-order valence-electron chi connectivity index (χ2n) is 6.91. The minimum absolute atomic E-state index is 0.0470. The number of anilines is 1. The topological polar surface area (TPSA) is 125 Å². The van der Waals surface area contributed by atoms with Gasteiger partial charge in [-0.25, -0.2) is 18.1 Å². The van der Waals surface area contributed by atoms with Crippen molar-refractivity contribution in [3.8, 4) is 5.75 Å². The molecule has 0 fully saturated rings. The Morgan fingerprint density at radius 2 is 2.10 bits per heavy atom. The van der Waals surface area contributed by atoms with E-state index >= 15 is 0 Å². The lowest BCUT2D eigenvalue weighted by Crippen LogP contribution is -2.25. The predicted molar refractivity (Wildman–Crippen MR) is 106 cm³/mol. The number of nitrogens with two attached hydrogens (primary N) is 1. The van der Waals surface area contributed by atoms with Crippen LogP contribution in [0.25, 0.3) is 11.2 Å². The summed E-state index contributed by atoms with van der Waals surface area (Å²) in [5, 5.41) is 0. The lowest BCUT2D eigenvalue weighted by Gasteiger charge is -2.12. The van der Waals surface area contributed by atoms with Gasteiger partial charge in [0.1, 0.15) is 11.6 Å². The number of hydrogen-bond acceptors (Lipinski definition) is 7. The molecule has 2 aromatic heterocycles. The summed E-state index contributed by atoms with van der Waals surface area (Å²) in [6, 6.07) is 4.06. The van der Waals surface area contributed by atoms with Gasteiger partial charge in [-0.2, -0.15) is 14.4 Å². The summed E-state index contributed by atoms with van der Waals surface area (Å²) in [7, 11) is -2.13. The van der Waals surface area contributed by atoms with Crippen LogP contribution in [0.5, 0.6) is 5.75 Å². The first kappa shape index (κ1) is 19.5. The highest BCUT2D eigenvalue weighted by atomic mass is 32.2. The molecule has 11 heteroatoms. The van der Waals surface area contributed by atoms with Crippen LogP contribution >= 0.6 is 0 Å². The number of nitrogen functional groups attached to an aromatic ring is 1. The maximum absolute atomic E-state index is 13.8. The van der Waals surface area contributed by atoms with Crippen LogP contribution < -0.4 is 15.2 Å². The van der Waals surface area contributed by atoms with Crippen molar-refractivity contribution in [2.24, 2.45) is 0 Å². The smallest absolute Gasteiger partial charge is 0.312 e. The molecule has 0 unspecified atom stereocenters. The lowest BCUT2D eigenvalue weighted by molar-refractivity contribution is 0.356. The SMILES string of the molecule is CNS(=O)(=O)CCn1c(Cc2cc3c(cc2C)CCO3)nc2c(N)nc(F)nc21. The zero-order chi connectivity index (χ0) is 20.8. The van der Waals surface area contributed by atoms with E-state index in [9.17, 15) is 12.8 Å². The van der Waals surface area contributed by atoms with Crippen LogP contribution in [0.1, 0.15) is 22.5 Å². The minimum Gasteiger partial charge on any atom is -0.493 e. The lowest BCUT2D eigenvalue weighted by atomic mass is 10.0. The van der Waals surface area contributed by atoms with Crippen LogP contribution in [-0.4, -0.2) is 47.3 Å². The first-order valence-corrected chi connectivity index (χ1v) is 10.8. The van der Waals surface area contributed by atoms with E-state index in [2.05, 4.69) is 25.7 Å². The average Bonchev–Trinajstić information content (AvgIpc) is 3.24. The fourth-order valence-corrected chi connectivity index (χ4v) is 4.10. The molecule has 29 heavy (non-hydrogen) atoms. The maximum Gasteiger partial charge on any atom is 0.312 e. The van der Waals surface area contributed by atoms with Gasteiger partial charge in [0.2, 0.25) is 10.0 Å². The van der Waals surface area contributed by atoms with E-state index < -0.39 is 16.1 Å². The average molecular weight is 420 g/mol. The monoisotopic (exact) mass is 420 g/mol. The molecule has 0 atom stereocenters. The summed E-state index contributed by atoms with van der Waals surface area (Å²) in [6.45, 7) is 2.70. The quantitative estimate of drug-likeness (QED) is 0.568. The Hall–Kier alpha value is -2.79. The number of hydrogen-bond donors (Lipinski definition) is 2. The number of nitrogens with one attached hydrogen (secondary N) is 1. The Morgan fingerprint density at radius 3 is 2.86 bits per heavy atom. The van der Waals surface area contributed by atoms with Crippen molar-refractivity contribution in [3.05, 3.63) is 40.7 Å². The number of imidazole rings is 1. The van der Waals surface area contributed by atoms with Gasteiger partial charge in [0.15, 0.2) is 17.0 Å². The van der Waals surface area contributed by atoms with Gasteiger partial charge in [-0.3, -0.25) is 0 Å². The molecule has 1 aliphatic heterocycles. The van der Waals surface area contributed by atoms with E-state index in [1.165, 1.54) is 7.05 Å². The van der Waals surface area contributed by atoms with Gasteiger partial charge in [0.05, 0.1) is 12.4 Å². The molecule has 0 amide bonds. The number of ether oxygens (including phenoxy) is 1. The third-order valence-electron chi connectivity index (χ3n) is 5.06. The molecule has 3 N–H and O–H groups in total. The van der Waals surface area contributed by atoms with Crippen molar-refractivity contribution in [2.75, 3.05) is 25.1 Å². The molecule has 3 heterocycles. The Labute approximate surface area is 167 Å². The first-order valence-electron chi connectivity index (χ1n) is 9.12. The first-order chi connectivity index (χ1) is 13.8. The summed E-state index contributed by atoms with van der Waals surface area (Å²) in [4.78, 5) is 11.8.